The fraction of sp³-hybridized carbons (Fsp3) is 0.667. The molecule has 114 valence electrons. The number of hydrogen-bond donors (Lipinski definition) is 2. The zero-order valence-corrected chi connectivity index (χ0v) is 13.0. The summed E-state index contributed by atoms with van der Waals surface area (Å²) in [6.07, 6.45) is 9.83. The number of carbonyl (C=O) groups excluding carboxylic acids is 1. The van der Waals surface area contributed by atoms with E-state index < -0.39 is 0 Å². The van der Waals surface area contributed by atoms with Crippen molar-refractivity contribution in [1.29, 1.82) is 0 Å². The molecule has 1 amide bonds. The van der Waals surface area contributed by atoms with E-state index in [1.807, 2.05) is 4.57 Å². The van der Waals surface area contributed by atoms with Crippen LogP contribution in [0.3, 0.4) is 0 Å². The van der Waals surface area contributed by atoms with Crippen molar-refractivity contribution < 1.29 is 4.79 Å². The molecule has 1 heterocycles. The first-order valence-electron chi connectivity index (χ1n) is 7.84. The van der Waals surface area contributed by atoms with Crippen LogP contribution in [0.2, 0.25) is 0 Å². The molecule has 0 spiro atoms. The summed E-state index contributed by atoms with van der Waals surface area (Å²) in [5.41, 5.74) is 1.29. The largest absolute Gasteiger partial charge is 0.354 e. The number of hydrogen-bond acceptors (Lipinski definition) is 3. The van der Waals surface area contributed by atoms with Crippen LogP contribution in [0, 0.1) is 4.77 Å². The average molecular weight is 306 g/mol. The van der Waals surface area contributed by atoms with E-state index in [0.717, 1.165) is 18.7 Å². The summed E-state index contributed by atoms with van der Waals surface area (Å²) < 4.78 is 2.67. The van der Waals surface area contributed by atoms with E-state index in [0.29, 0.717) is 30.2 Å². The summed E-state index contributed by atoms with van der Waals surface area (Å²) in [6, 6.07) is 0. The summed E-state index contributed by atoms with van der Waals surface area (Å²) >= 11 is 5.25. The second-order valence-electron chi connectivity index (χ2n) is 5.95. The van der Waals surface area contributed by atoms with Crippen molar-refractivity contribution in [1.82, 2.24) is 20.1 Å². The van der Waals surface area contributed by atoms with Crippen LogP contribution in [0.5, 0.6) is 0 Å². The Hall–Kier alpha value is -1.43. The molecule has 0 aliphatic heterocycles. The summed E-state index contributed by atoms with van der Waals surface area (Å²) in [5, 5.41) is 10.1. The van der Waals surface area contributed by atoms with E-state index in [4.69, 9.17) is 12.2 Å². The fourth-order valence-corrected chi connectivity index (χ4v) is 3.07. The summed E-state index contributed by atoms with van der Waals surface area (Å²) in [6.45, 7) is 1.31. The fourth-order valence-electron chi connectivity index (χ4n) is 2.84. The molecule has 1 fully saturated rings. The van der Waals surface area contributed by atoms with E-state index in [1.165, 1.54) is 31.3 Å². The van der Waals surface area contributed by atoms with Crippen LogP contribution >= 0.6 is 12.2 Å². The summed E-state index contributed by atoms with van der Waals surface area (Å²) in [5.74, 6) is 1.72. The van der Waals surface area contributed by atoms with Gasteiger partial charge in [-0.05, 0) is 50.7 Å². The molecule has 1 aromatic heterocycles. The van der Waals surface area contributed by atoms with E-state index >= 15 is 0 Å². The molecule has 2 N–H and O–H groups in total. The van der Waals surface area contributed by atoms with Crippen LogP contribution < -0.4 is 5.32 Å². The Morgan fingerprint density at radius 1 is 1.48 bits per heavy atom. The normalized spacial score (nSPS) is 18.4. The highest BCUT2D eigenvalue weighted by atomic mass is 32.1. The van der Waals surface area contributed by atoms with Crippen LogP contribution in [0.4, 0.5) is 0 Å². The number of H-pyrrole nitrogens is 1. The molecule has 0 atom stereocenters. The van der Waals surface area contributed by atoms with Gasteiger partial charge in [0.2, 0.25) is 5.91 Å². The van der Waals surface area contributed by atoms with Crippen molar-refractivity contribution in [3.63, 3.8) is 0 Å². The van der Waals surface area contributed by atoms with E-state index in [2.05, 4.69) is 21.6 Å². The van der Waals surface area contributed by atoms with Crippen LogP contribution in [0.15, 0.2) is 11.6 Å². The number of aromatic amines is 1. The van der Waals surface area contributed by atoms with Crippen LogP contribution in [-0.2, 0) is 11.3 Å². The third-order valence-corrected chi connectivity index (χ3v) is 4.47. The van der Waals surface area contributed by atoms with Crippen LogP contribution in [0.25, 0.3) is 0 Å². The monoisotopic (exact) mass is 306 g/mol. The van der Waals surface area contributed by atoms with Gasteiger partial charge in [-0.1, -0.05) is 11.6 Å². The van der Waals surface area contributed by atoms with Gasteiger partial charge in [-0.2, -0.15) is 5.10 Å². The predicted octanol–water partition coefficient (Wildman–Crippen LogP) is 2.82. The minimum absolute atomic E-state index is 0.117. The Bertz CT molecular complexity index is 597. The highest BCUT2D eigenvalue weighted by Gasteiger charge is 2.28. The number of amides is 1. The molecular formula is C15H22N4OS. The van der Waals surface area contributed by atoms with Crippen molar-refractivity contribution >= 4 is 18.1 Å². The van der Waals surface area contributed by atoms with Gasteiger partial charge in [0.15, 0.2) is 4.77 Å². The molecule has 0 saturated heterocycles. The predicted molar refractivity (Wildman–Crippen MR) is 83.6 cm³/mol. The molecule has 1 saturated carbocycles. The van der Waals surface area contributed by atoms with Crippen molar-refractivity contribution in [2.24, 2.45) is 0 Å². The Balaban J connectivity index is 1.47. The minimum Gasteiger partial charge on any atom is -0.354 e. The molecule has 6 heteroatoms. The number of carbonyl (C=O) groups is 1. The van der Waals surface area contributed by atoms with E-state index in [9.17, 15) is 4.79 Å². The van der Waals surface area contributed by atoms with Gasteiger partial charge in [0, 0.05) is 25.4 Å². The standard InChI is InChI=1S/C15H22N4OS/c20-13(10-11-4-2-1-3-5-11)16-8-9-19-14(12-6-7-12)17-18-15(19)21/h4,12H,1-3,5-10H2,(H,16,20)(H,18,21). The lowest BCUT2D eigenvalue weighted by Gasteiger charge is -2.13. The van der Waals surface area contributed by atoms with Gasteiger partial charge >= 0.3 is 0 Å². The molecule has 2 aliphatic carbocycles. The summed E-state index contributed by atoms with van der Waals surface area (Å²) in [4.78, 5) is 11.9. The number of rotatable bonds is 6. The molecule has 21 heavy (non-hydrogen) atoms. The SMILES string of the molecule is O=C(CC1=CCCCC1)NCCn1c(C2CC2)n[nH]c1=S. The average Bonchev–Trinajstić information content (AvgIpc) is 3.26. The molecule has 0 unspecified atom stereocenters. The van der Waals surface area contributed by atoms with Gasteiger partial charge in [-0.3, -0.25) is 9.89 Å². The number of allylic oxidation sites excluding steroid dienone is 1. The molecule has 0 aromatic carbocycles. The Kier molecular flexibility index (Phi) is 4.53. The van der Waals surface area contributed by atoms with Gasteiger partial charge < -0.3 is 9.88 Å². The van der Waals surface area contributed by atoms with Crippen molar-refractivity contribution in [2.75, 3.05) is 6.54 Å². The summed E-state index contributed by atoms with van der Waals surface area (Å²) in [7, 11) is 0. The maximum absolute atomic E-state index is 11.9. The van der Waals surface area contributed by atoms with Gasteiger partial charge in [0.25, 0.3) is 0 Å². The first-order valence-corrected chi connectivity index (χ1v) is 8.24. The molecule has 3 rings (SSSR count). The van der Waals surface area contributed by atoms with Gasteiger partial charge in [0.1, 0.15) is 5.82 Å². The minimum atomic E-state index is 0.117. The zero-order valence-electron chi connectivity index (χ0n) is 12.2. The Morgan fingerprint density at radius 3 is 3.05 bits per heavy atom. The van der Waals surface area contributed by atoms with Crippen LogP contribution in [-0.4, -0.2) is 27.2 Å². The maximum Gasteiger partial charge on any atom is 0.224 e. The first-order chi connectivity index (χ1) is 10.2. The van der Waals surface area contributed by atoms with Crippen molar-refractivity contribution in [3.05, 3.63) is 22.2 Å². The Morgan fingerprint density at radius 2 is 2.33 bits per heavy atom. The molecule has 1 aromatic rings. The van der Waals surface area contributed by atoms with Crippen molar-refractivity contribution in [3.8, 4) is 0 Å². The second-order valence-corrected chi connectivity index (χ2v) is 6.33. The number of aromatic nitrogens is 3. The quantitative estimate of drug-likeness (QED) is 0.627. The van der Waals surface area contributed by atoms with Crippen LogP contribution in [0.1, 0.15) is 56.7 Å². The van der Waals surface area contributed by atoms with E-state index in [1.54, 1.807) is 0 Å². The Labute approximate surface area is 129 Å². The lowest BCUT2D eigenvalue weighted by Crippen LogP contribution is -2.28. The topological polar surface area (TPSA) is 62.7 Å². The first kappa shape index (κ1) is 14.5. The van der Waals surface area contributed by atoms with Crippen molar-refractivity contribution in [2.45, 2.75) is 57.4 Å². The molecule has 5 nitrogen and oxygen atoms in total. The molecule has 0 bridgehead atoms. The highest BCUT2D eigenvalue weighted by Crippen LogP contribution is 2.38. The molecule has 0 radical (unpaired) electrons. The van der Waals surface area contributed by atoms with E-state index in [-0.39, 0.29) is 5.91 Å². The highest BCUT2D eigenvalue weighted by molar-refractivity contribution is 7.71. The van der Waals surface area contributed by atoms with Gasteiger partial charge in [-0.15, -0.1) is 0 Å². The lowest BCUT2D eigenvalue weighted by molar-refractivity contribution is -0.120. The molecule has 2 aliphatic rings. The smallest absolute Gasteiger partial charge is 0.224 e. The van der Waals surface area contributed by atoms with Gasteiger partial charge in [0.05, 0.1) is 0 Å². The zero-order chi connectivity index (χ0) is 14.7. The number of nitrogens with zero attached hydrogens (tertiary/aromatic N) is 2. The maximum atomic E-state index is 11.9. The second kappa shape index (κ2) is 6.56. The third-order valence-electron chi connectivity index (χ3n) is 4.16. The molecular weight excluding hydrogens is 284 g/mol. The lowest BCUT2D eigenvalue weighted by atomic mass is 9.97. The van der Waals surface area contributed by atoms with Gasteiger partial charge in [-0.25, -0.2) is 0 Å². The number of nitrogens with one attached hydrogen (secondary N) is 2. The third kappa shape index (κ3) is 3.81.